The number of ether oxygens (including phenoxy) is 2. The van der Waals surface area contributed by atoms with Crippen LogP contribution < -0.4 is 16.4 Å². The molecule has 9 nitrogen and oxygen atoms in total. The topological polar surface area (TPSA) is 123 Å². The molecule has 4 N–H and O–H groups in total. The van der Waals surface area contributed by atoms with Crippen molar-refractivity contribution in [2.45, 2.75) is 44.6 Å². The predicted octanol–water partition coefficient (Wildman–Crippen LogP) is -0.842. The van der Waals surface area contributed by atoms with Crippen molar-refractivity contribution in [1.82, 2.24) is 15.5 Å². The summed E-state index contributed by atoms with van der Waals surface area (Å²) in [6, 6.07) is -0.843. The van der Waals surface area contributed by atoms with E-state index in [1.807, 2.05) is 0 Å². The van der Waals surface area contributed by atoms with E-state index >= 15 is 0 Å². The second kappa shape index (κ2) is 5.99. The lowest BCUT2D eigenvalue weighted by atomic mass is 10.00. The van der Waals surface area contributed by atoms with Crippen LogP contribution in [0.5, 0.6) is 0 Å². The molecule has 0 bridgehead atoms. The predicted molar refractivity (Wildman–Crippen MR) is 76.0 cm³/mol. The summed E-state index contributed by atoms with van der Waals surface area (Å²) in [7, 11) is 0. The number of hydrogen-bond donors (Lipinski definition) is 3. The van der Waals surface area contributed by atoms with Crippen molar-refractivity contribution >= 4 is 18.1 Å². The summed E-state index contributed by atoms with van der Waals surface area (Å²) in [5, 5.41) is 5.19. The number of carbonyl (C=O) groups excluding carboxylic acids is 3. The van der Waals surface area contributed by atoms with Crippen LogP contribution in [0.2, 0.25) is 0 Å². The van der Waals surface area contributed by atoms with Crippen LogP contribution in [0.1, 0.15) is 20.8 Å². The molecule has 124 valence electrons. The maximum absolute atomic E-state index is 11.7. The van der Waals surface area contributed by atoms with Crippen LogP contribution >= 0.6 is 0 Å². The van der Waals surface area contributed by atoms with Gasteiger partial charge in [0.15, 0.2) is 0 Å². The third kappa shape index (κ3) is 4.00. The number of amides is 3. The molecule has 0 aliphatic carbocycles. The maximum Gasteiger partial charge on any atom is 0.410 e. The molecule has 2 saturated heterocycles. The highest BCUT2D eigenvalue weighted by atomic mass is 16.6. The Morgan fingerprint density at radius 2 is 2.18 bits per heavy atom. The van der Waals surface area contributed by atoms with E-state index < -0.39 is 29.9 Å². The highest BCUT2D eigenvalue weighted by Gasteiger charge is 2.41. The summed E-state index contributed by atoms with van der Waals surface area (Å²) in [5.41, 5.74) is 5.03. The summed E-state index contributed by atoms with van der Waals surface area (Å²) in [6.45, 7) is 6.09. The molecule has 2 aliphatic heterocycles. The highest BCUT2D eigenvalue weighted by molar-refractivity contribution is 5.89. The van der Waals surface area contributed by atoms with Crippen LogP contribution in [-0.2, 0) is 14.3 Å². The summed E-state index contributed by atoms with van der Waals surface area (Å²) in [4.78, 5) is 35.8. The Hall–Kier alpha value is -2.03. The van der Waals surface area contributed by atoms with Gasteiger partial charge < -0.3 is 30.7 Å². The number of nitrogens with two attached hydrogens (primary N) is 1. The first-order valence-corrected chi connectivity index (χ1v) is 7.14. The average Bonchev–Trinajstić information content (AvgIpc) is 2.74. The molecular weight excluding hydrogens is 292 g/mol. The fourth-order valence-corrected chi connectivity index (χ4v) is 2.19. The van der Waals surface area contributed by atoms with Gasteiger partial charge in [0.2, 0.25) is 5.91 Å². The van der Waals surface area contributed by atoms with Gasteiger partial charge in [0.1, 0.15) is 17.7 Å². The van der Waals surface area contributed by atoms with Crippen molar-refractivity contribution in [3.05, 3.63) is 0 Å². The molecule has 2 heterocycles. The lowest BCUT2D eigenvalue weighted by Gasteiger charge is -2.35. The van der Waals surface area contributed by atoms with Gasteiger partial charge in [0.05, 0.1) is 19.1 Å². The quantitative estimate of drug-likeness (QED) is 0.581. The Balaban J connectivity index is 1.73. The molecule has 3 atom stereocenters. The second-order valence-corrected chi connectivity index (χ2v) is 6.43. The summed E-state index contributed by atoms with van der Waals surface area (Å²) < 4.78 is 10.2. The molecule has 0 unspecified atom stereocenters. The molecule has 9 heteroatoms. The van der Waals surface area contributed by atoms with E-state index in [2.05, 4.69) is 10.6 Å². The van der Waals surface area contributed by atoms with Crippen LogP contribution in [0.4, 0.5) is 9.59 Å². The third-order valence-electron chi connectivity index (χ3n) is 3.30. The SMILES string of the molecule is CC(C)(C)OC(=O)NC[C@@H]1CN(C[C@H]2NC(=O)[C@H]2N)C(=O)O1. The molecule has 0 saturated carbocycles. The first-order chi connectivity index (χ1) is 10.2. The van der Waals surface area contributed by atoms with Gasteiger partial charge in [-0.2, -0.15) is 0 Å². The lowest BCUT2D eigenvalue weighted by Crippen LogP contribution is -2.69. The minimum absolute atomic E-state index is 0.167. The molecule has 2 aliphatic rings. The molecule has 3 amide bonds. The Labute approximate surface area is 128 Å². The Morgan fingerprint density at radius 3 is 2.73 bits per heavy atom. The van der Waals surface area contributed by atoms with Crippen LogP contribution in [0, 0.1) is 0 Å². The number of carbonyl (C=O) groups is 3. The van der Waals surface area contributed by atoms with Gasteiger partial charge in [-0.15, -0.1) is 0 Å². The lowest BCUT2D eigenvalue weighted by molar-refractivity contribution is -0.130. The van der Waals surface area contributed by atoms with E-state index in [0.717, 1.165) is 0 Å². The Morgan fingerprint density at radius 1 is 1.50 bits per heavy atom. The third-order valence-corrected chi connectivity index (χ3v) is 3.30. The summed E-state index contributed by atoms with van der Waals surface area (Å²) >= 11 is 0. The van der Waals surface area contributed by atoms with Crippen molar-refractivity contribution in [3.63, 3.8) is 0 Å². The van der Waals surface area contributed by atoms with E-state index in [1.54, 1.807) is 20.8 Å². The highest BCUT2D eigenvalue weighted by Crippen LogP contribution is 2.14. The van der Waals surface area contributed by atoms with Gasteiger partial charge in [-0.25, -0.2) is 9.59 Å². The van der Waals surface area contributed by atoms with E-state index in [0.29, 0.717) is 13.1 Å². The van der Waals surface area contributed by atoms with Gasteiger partial charge in [-0.3, -0.25) is 4.79 Å². The minimum atomic E-state index is -0.591. The molecule has 22 heavy (non-hydrogen) atoms. The zero-order valence-corrected chi connectivity index (χ0v) is 12.9. The molecule has 0 aromatic carbocycles. The molecule has 2 fully saturated rings. The number of β-lactam (4-membered cyclic amide) rings is 1. The normalized spacial score (nSPS) is 27.8. The number of nitrogens with one attached hydrogen (secondary N) is 2. The van der Waals surface area contributed by atoms with Crippen LogP contribution in [0.15, 0.2) is 0 Å². The Bertz CT molecular complexity index is 476. The smallest absolute Gasteiger partial charge is 0.410 e. The maximum atomic E-state index is 11.7. The van der Waals surface area contributed by atoms with E-state index in [4.69, 9.17) is 15.2 Å². The average molecular weight is 314 g/mol. The van der Waals surface area contributed by atoms with Crippen molar-refractivity contribution < 1.29 is 23.9 Å². The zero-order chi connectivity index (χ0) is 16.5. The van der Waals surface area contributed by atoms with E-state index in [9.17, 15) is 14.4 Å². The summed E-state index contributed by atoms with van der Waals surface area (Å²) in [5.74, 6) is -0.222. The molecule has 0 radical (unpaired) electrons. The Kier molecular flexibility index (Phi) is 4.45. The number of cyclic esters (lactones) is 1. The van der Waals surface area contributed by atoms with E-state index in [-0.39, 0.29) is 18.5 Å². The van der Waals surface area contributed by atoms with Gasteiger partial charge in [0.25, 0.3) is 0 Å². The standard InChI is InChI=1S/C13H22N4O5/c1-13(2,3)22-11(19)15-4-7-5-17(12(20)21-7)6-8-9(14)10(18)16-8/h7-9H,4-6,14H2,1-3H3,(H,15,19)(H,16,18)/t7-,8-,9+/m1/s1. The second-order valence-electron chi connectivity index (χ2n) is 6.43. The van der Waals surface area contributed by atoms with Crippen molar-refractivity contribution in [1.29, 1.82) is 0 Å². The fourth-order valence-electron chi connectivity index (χ4n) is 2.19. The van der Waals surface area contributed by atoms with Gasteiger partial charge in [-0.1, -0.05) is 0 Å². The molecular formula is C13H22N4O5. The largest absolute Gasteiger partial charge is 0.444 e. The van der Waals surface area contributed by atoms with Crippen molar-refractivity contribution in [3.8, 4) is 0 Å². The number of nitrogens with zero attached hydrogens (tertiary/aromatic N) is 1. The van der Waals surface area contributed by atoms with E-state index in [1.165, 1.54) is 4.90 Å². The first-order valence-electron chi connectivity index (χ1n) is 7.14. The molecule has 0 aromatic rings. The molecule has 0 aromatic heterocycles. The van der Waals surface area contributed by atoms with Gasteiger partial charge in [-0.05, 0) is 20.8 Å². The minimum Gasteiger partial charge on any atom is -0.444 e. The van der Waals surface area contributed by atoms with Gasteiger partial charge in [0, 0.05) is 6.54 Å². The number of alkyl carbamates (subject to hydrolysis) is 1. The monoisotopic (exact) mass is 314 g/mol. The van der Waals surface area contributed by atoms with Crippen LogP contribution in [0.3, 0.4) is 0 Å². The van der Waals surface area contributed by atoms with Crippen LogP contribution in [0.25, 0.3) is 0 Å². The molecule has 2 rings (SSSR count). The molecule has 0 spiro atoms. The van der Waals surface area contributed by atoms with Gasteiger partial charge >= 0.3 is 12.2 Å². The number of hydrogen-bond acceptors (Lipinski definition) is 6. The fraction of sp³-hybridized carbons (Fsp3) is 0.769. The van der Waals surface area contributed by atoms with Crippen molar-refractivity contribution in [2.75, 3.05) is 19.6 Å². The summed E-state index contributed by atoms with van der Waals surface area (Å²) in [6.07, 6.45) is -1.49. The first kappa shape index (κ1) is 16.3. The number of rotatable bonds is 4. The van der Waals surface area contributed by atoms with Crippen molar-refractivity contribution in [2.24, 2.45) is 5.73 Å². The zero-order valence-electron chi connectivity index (χ0n) is 12.9. The van der Waals surface area contributed by atoms with Crippen LogP contribution in [-0.4, -0.2) is 66.4 Å².